The molecule has 4 unspecified atom stereocenters. The zero-order valence-electron chi connectivity index (χ0n) is 17.8. The highest BCUT2D eigenvalue weighted by atomic mass is 17.0. The number of rotatable bonds is 6. The quantitative estimate of drug-likeness (QED) is 0.625. The van der Waals surface area contributed by atoms with Crippen LogP contribution in [0.1, 0.15) is 39.5 Å². The number of ether oxygens (including phenoxy) is 6. The van der Waals surface area contributed by atoms with Gasteiger partial charge < -0.3 is 28.4 Å². The van der Waals surface area contributed by atoms with Gasteiger partial charge in [0.2, 0.25) is 0 Å². The van der Waals surface area contributed by atoms with Gasteiger partial charge in [0.1, 0.15) is 12.2 Å². The normalized spacial score (nSPS) is 43.0. The summed E-state index contributed by atoms with van der Waals surface area (Å²) in [5, 5.41) is 0. The van der Waals surface area contributed by atoms with E-state index < -0.39 is 6.16 Å². The molecule has 0 aromatic heterocycles. The van der Waals surface area contributed by atoms with Gasteiger partial charge in [0.25, 0.3) is 0 Å². The average Bonchev–Trinajstić information content (AvgIpc) is 2.75. The Kier molecular flexibility index (Phi) is 7.43. The van der Waals surface area contributed by atoms with E-state index in [1.165, 1.54) is 0 Å². The van der Waals surface area contributed by atoms with E-state index in [1.807, 2.05) is 0 Å². The van der Waals surface area contributed by atoms with Crippen LogP contribution in [0.25, 0.3) is 0 Å². The SMILES string of the molecule is CC1CC=CCC1COC1COC2(OC1)OCC(OCC1CC=CCC1C)CO2. The standard InChI is InChI=1S/C23H36O6/c1-17-7-3-5-9-19(17)11-24-21-13-26-23(27-14-21)28-15-22(16-29-23)25-12-20-10-6-4-8-18(20)2/h3-6,17-22H,7-16H2,1-2H3. The monoisotopic (exact) mass is 408 g/mol. The summed E-state index contributed by atoms with van der Waals surface area (Å²) in [6, 6.07) is 0. The van der Waals surface area contributed by atoms with Gasteiger partial charge in [-0.05, 0) is 49.4 Å². The highest BCUT2D eigenvalue weighted by molar-refractivity contribution is 4.94. The highest BCUT2D eigenvalue weighted by Gasteiger charge is 2.45. The van der Waals surface area contributed by atoms with Gasteiger partial charge in [0.05, 0.1) is 39.6 Å². The Morgan fingerprint density at radius 2 is 1.03 bits per heavy atom. The Morgan fingerprint density at radius 3 is 1.41 bits per heavy atom. The third-order valence-corrected chi connectivity index (χ3v) is 6.71. The van der Waals surface area contributed by atoms with Crippen molar-refractivity contribution < 1.29 is 28.4 Å². The van der Waals surface area contributed by atoms with Crippen molar-refractivity contribution in [3.63, 3.8) is 0 Å². The van der Waals surface area contributed by atoms with Crippen LogP contribution in [0.5, 0.6) is 0 Å². The molecule has 4 rings (SSSR count). The summed E-state index contributed by atoms with van der Waals surface area (Å²) < 4.78 is 35.2. The molecule has 0 N–H and O–H groups in total. The fourth-order valence-electron chi connectivity index (χ4n) is 4.32. The second kappa shape index (κ2) is 10.0. The molecular weight excluding hydrogens is 372 g/mol. The predicted molar refractivity (Wildman–Crippen MR) is 108 cm³/mol. The van der Waals surface area contributed by atoms with Crippen molar-refractivity contribution in [2.45, 2.75) is 57.9 Å². The van der Waals surface area contributed by atoms with E-state index in [2.05, 4.69) is 38.2 Å². The lowest BCUT2D eigenvalue weighted by Gasteiger charge is -2.42. The van der Waals surface area contributed by atoms with E-state index in [0.29, 0.717) is 50.1 Å². The molecule has 0 amide bonds. The summed E-state index contributed by atoms with van der Waals surface area (Å²) >= 11 is 0. The van der Waals surface area contributed by atoms with Gasteiger partial charge in [0, 0.05) is 0 Å². The third-order valence-electron chi connectivity index (χ3n) is 6.71. The first-order valence-electron chi connectivity index (χ1n) is 11.2. The number of hydrogen-bond acceptors (Lipinski definition) is 6. The maximum Gasteiger partial charge on any atom is 0.413 e. The topological polar surface area (TPSA) is 55.4 Å². The van der Waals surface area contributed by atoms with E-state index in [4.69, 9.17) is 28.4 Å². The molecule has 6 nitrogen and oxygen atoms in total. The molecule has 29 heavy (non-hydrogen) atoms. The zero-order chi connectivity index (χ0) is 20.1. The van der Waals surface area contributed by atoms with Gasteiger partial charge in [-0.2, -0.15) is 0 Å². The molecule has 4 atom stereocenters. The smallest absolute Gasteiger partial charge is 0.373 e. The first-order valence-corrected chi connectivity index (χ1v) is 11.2. The van der Waals surface area contributed by atoms with Crippen LogP contribution in [0, 0.1) is 23.7 Å². The maximum absolute atomic E-state index is 6.04. The van der Waals surface area contributed by atoms with Crippen molar-refractivity contribution >= 4 is 0 Å². The predicted octanol–water partition coefficient (Wildman–Crippen LogP) is 3.67. The third kappa shape index (κ3) is 5.69. The Labute approximate surface area is 174 Å². The highest BCUT2D eigenvalue weighted by Crippen LogP contribution is 2.30. The minimum Gasteiger partial charge on any atom is -0.373 e. The molecule has 2 saturated heterocycles. The van der Waals surface area contributed by atoms with Gasteiger partial charge in [-0.3, -0.25) is 0 Å². The van der Waals surface area contributed by atoms with Gasteiger partial charge in [-0.1, -0.05) is 38.2 Å². The second-order valence-corrected chi connectivity index (χ2v) is 9.02. The minimum atomic E-state index is -1.39. The molecule has 0 saturated carbocycles. The molecule has 2 aliphatic carbocycles. The van der Waals surface area contributed by atoms with Crippen LogP contribution >= 0.6 is 0 Å². The van der Waals surface area contributed by atoms with Crippen LogP contribution in [0.3, 0.4) is 0 Å². The van der Waals surface area contributed by atoms with Crippen LogP contribution in [0.4, 0.5) is 0 Å². The lowest BCUT2D eigenvalue weighted by atomic mass is 9.85. The molecule has 2 fully saturated rings. The van der Waals surface area contributed by atoms with E-state index in [9.17, 15) is 0 Å². The van der Waals surface area contributed by atoms with Gasteiger partial charge in [-0.25, -0.2) is 0 Å². The van der Waals surface area contributed by atoms with Crippen molar-refractivity contribution in [1.82, 2.24) is 0 Å². The summed E-state index contributed by atoms with van der Waals surface area (Å²) in [5.41, 5.74) is 0. The Morgan fingerprint density at radius 1 is 0.655 bits per heavy atom. The molecule has 0 bridgehead atoms. The summed E-state index contributed by atoms with van der Waals surface area (Å²) in [5.74, 6) is 2.45. The number of allylic oxidation sites excluding steroid dienone is 4. The molecule has 2 heterocycles. The Balaban J connectivity index is 1.14. The fourth-order valence-corrected chi connectivity index (χ4v) is 4.32. The van der Waals surface area contributed by atoms with Crippen molar-refractivity contribution in [2.75, 3.05) is 39.6 Å². The maximum atomic E-state index is 6.04. The Bertz CT molecular complexity index is 506. The summed E-state index contributed by atoms with van der Waals surface area (Å²) in [7, 11) is 0. The molecular formula is C23H36O6. The molecule has 0 aromatic carbocycles. The van der Waals surface area contributed by atoms with Crippen LogP contribution in [-0.2, 0) is 28.4 Å². The lowest BCUT2D eigenvalue weighted by molar-refractivity contribution is -0.538. The minimum absolute atomic E-state index is 0.0826. The molecule has 2 aliphatic heterocycles. The second-order valence-electron chi connectivity index (χ2n) is 9.02. The zero-order valence-corrected chi connectivity index (χ0v) is 17.8. The summed E-state index contributed by atoms with van der Waals surface area (Å²) in [4.78, 5) is 0. The van der Waals surface area contributed by atoms with Gasteiger partial charge in [-0.15, -0.1) is 0 Å². The van der Waals surface area contributed by atoms with Gasteiger partial charge in [0.15, 0.2) is 0 Å². The first kappa shape index (κ1) is 21.5. The van der Waals surface area contributed by atoms with E-state index in [-0.39, 0.29) is 12.2 Å². The average molecular weight is 409 g/mol. The number of hydrogen-bond donors (Lipinski definition) is 0. The van der Waals surface area contributed by atoms with E-state index >= 15 is 0 Å². The van der Waals surface area contributed by atoms with Crippen LogP contribution in [0.15, 0.2) is 24.3 Å². The summed E-state index contributed by atoms with van der Waals surface area (Å²) in [6.07, 6.45) is 11.9. The largest absolute Gasteiger partial charge is 0.413 e. The first-order chi connectivity index (χ1) is 14.1. The Hall–Kier alpha value is -0.760. The van der Waals surface area contributed by atoms with Crippen molar-refractivity contribution in [2.24, 2.45) is 23.7 Å². The molecule has 0 aromatic rings. The van der Waals surface area contributed by atoms with Crippen molar-refractivity contribution in [3.8, 4) is 0 Å². The molecule has 1 spiro atoms. The van der Waals surface area contributed by atoms with Crippen LogP contribution in [-0.4, -0.2) is 58.0 Å². The molecule has 4 aliphatic rings. The van der Waals surface area contributed by atoms with Crippen LogP contribution < -0.4 is 0 Å². The molecule has 0 radical (unpaired) electrons. The van der Waals surface area contributed by atoms with Crippen molar-refractivity contribution in [1.29, 1.82) is 0 Å². The van der Waals surface area contributed by atoms with E-state index in [1.54, 1.807) is 0 Å². The lowest BCUT2D eigenvalue weighted by Crippen LogP contribution is -2.56. The molecule has 164 valence electrons. The van der Waals surface area contributed by atoms with Gasteiger partial charge >= 0.3 is 6.16 Å². The fraction of sp³-hybridized carbons (Fsp3) is 0.826. The summed E-state index contributed by atoms with van der Waals surface area (Å²) in [6.45, 7) is 7.69. The van der Waals surface area contributed by atoms with Crippen molar-refractivity contribution in [3.05, 3.63) is 24.3 Å². The van der Waals surface area contributed by atoms with E-state index in [0.717, 1.165) is 38.9 Å². The van der Waals surface area contributed by atoms with Crippen LogP contribution in [0.2, 0.25) is 0 Å². The molecule has 6 heteroatoms.